The van der Waals surface area contributed by atoms with Crippen LogP contribution in [-0.4, -0.2) is 26.3 Å². The van der Waals surface area contributed by atoms with Gasteiger partial charge in [0, 0.05) is 60.3 Å². The fourth-order valence-electron chi connectivity index (χ4n) is 6.46. The lowest BCUT2D eigenvalue weighted by molar-refractivity contribution is -0.0111. The van der Waals surface area contributed by atoms with Crippen LogP contribution in [0, 0.1) is 24.7 Å². The lowest BCUT2D eigenvalue weighted by atomic mass is 9.54. The molecule has 5 heteroatoms. The number of fused-ring (bicyclic) bond motifs is 5. The van der Waals surface area contributed by atoms with Crippen molar-refractivity contribution >= 4 is 16.6 Å². The molecule has 0 N–H and O–H groups in total. The van der Waals surface area contributed by atoms with Crippen LogP contribution in [0.25, 0.3) is 10.9 Å². The quantitative estimate of drug-likeness (QED) is 0.577. The Kier molecular flexibility index (Phi) is 4.22. The van der Waals surface area contributed by atoms with Gasteiger partial charge < -0.3 is 4.90 Å². The maximum Gasteiger partial charge on any atom is 0.0909 e. The highest BCUT2D eigenvalue weighted by molar-refractivity contribution is 5.91. The molecule has 5 nitrogen and oxygen atoms in total. The van der Waals surface area contributed by atoms with E-state index in [9.17, 15) is 0 Å². The zero-order valence-electron chi connectivity index (χ0n) is 19.1. The van der Waals surface area contributed by atoms with Crippen LogP contribution in [0.1, 0.15) is 68.1 Å². The monoisotopic (exact) mass is 415 g/mol. The third kappa shape index (κ3) is 3.16. The Hall–Kier alpha value is -2.43. The normalized spacial score (nSPS) is 27.6. The highest BCUT2D eigenvalue weighted by atomic mass is 15.3. The number of aryl methyl sites for hydroxylation is 2. The smallest absolute Gasteiger partial charge is 0.0909 e. The summed E-state index contributed by atoms with van der Waals surface area (Å²) in [6.45, 7) is 9.88. The Morgan fingerprint density at radius 1 is 1.06 bits per heavy atom. The summed E-state index contributed by atoms with van der Waals surface area (Å²) in [5, 5.41) is 6.28. The van der Waals surface area contributed by atoms with Gasteiger partial charge in [-0.3, -0.25) is 14.6 Å². The molecule has 31 heavy (non-hydrogen) atoms. The molecule has 3 aliphatic carbocycles. The van der Waals surface area contributed by atoms with Crippen molar-refractivity contribution in [1.82, 2.24) is 19.7 Å². The van der Waals surface area contributed by atoms with Crippen molar-refractivity contribution < 1.29 is 0 Å². The zero-order chi connectivity index (χ0) is 21.2. The van der Waals surface area contributed by atoms with Crippen molar-refractivity contribution in [3.8, 4) is 0 Å². The van der Waals surface area contributed by atoms with Crippen LogP contribution in [0.3, 0.4) is 0 Å². The number of rotatable bonds is 3. The first-order valence-corrected chi connectivity index (χ1v) is 12.0. The molecule has 2 bridgehead atoms. The van der Waals surface area contributed by atoms with Crippen LogP contribution < -0.4 is 4.90 Å². The van der Waals surface area contributed by atoms with E-state index >= 15 is 0 Å². The molecule has 0 saturated heterocycles. The van der Waals surface area contributed by atoms with Crippen LogP contribution in [0.2, 0.25) is 0 Å². The molecule has 4 heterocycles. The molecule has 3 aromatic rings. The summed E-state index contributed by atoms with van der Waals surface area (Å²) in [5.74, 6) is 0. The first-order valence-electron chi connectivity index (χ1n) is 12.0. The highest BCUT2D eigenvalue weighted by Gasteiger charge is 2.46. The van der Waals surface area contributed by atoms with Gasteiger partial charge in [0.1, 0.15) is 0 Å². The minimum absolute atomic E-state index is 0.493. The summed E-state index contributed by atoms with van der Waals surface area (Å²) >= 11 is 0. The van der Waals surface area contributed by atoms with Crippen molar-refractivity contribution in [2.24, 2.45) is 10.8 Å². The van der Waals surface area contributed by atoms with Gasteiger partial charge in [0.05, 0.1) is 17.4 Å². The first-order chi connectivity index (χ1) is 14.9. The molecule has 3 saturated carbocycles. The fraction of sp³-hybridized carbons (Fsp3) is 0.577. The maximum atomic E-state index is 5.09. The molecule has 4 aliphatic rings. The topological polar surface area (TPSA) is 46.8 Å². The van der Waals surface area contributed by atoms with Crippen LogP contribution in [0.5, 0.6) is 0 Å². The second-order valence-electron chi connectivity index (χ2n) is 10.8. The van der Waals surface area contributed by atoms with E-state index in [1.165, 1.54) is 66.5 Å². The number of pyridine rings is 2. The molecule has 3 aromatic heterocycles. The van der Waals surface area contributed by atoms with Crippen molar-refractivity contribution in [3.05, 3.63) is 47.2 Å². The number of anilines is 1. The van der Waals surface area contributed by atoms with Gasteiger partial charge in [-0.2, -0.15) is 5.10 Å². The largest absolute Gasteiger partial charge is 0.366 e. The second-order valence-corrected chi connectivity index (χ2v) is 10.8. The van der Waals surface area contributed by atoms with E-state index in [0.717, 1.165) is 37.3 Å². The van der Waals surface area contributed by atoms with Gasteiger partial charge in [0.15, 0.2) is 0 Å². The Morgan fingerprint density at radius 3 is 2.61 bits per heavy atom. The fourth-order valence-corrected chi connectivity index (χ4v) is 6.46. The molecule has 0 spiro atoms. The van der Waals surface area contributed by atoms with Gasteiger partial charge in [0.2, 0.25) is 0 Å². The Labute approximate surface area is 184 Å². The molecule has 3 fully saturated rings. The number of hydrogen-bond acceptors (Lipinski definition) is 4. The van der Waals surface area contributed by atoms with Crippen molar-refractivity contribution in [2.75, 3.05) is 11.4 Å². The summed E-state index contributed by atoms with van der Waals surface area (Å²) < 4.78 is 2.41. The molecule has 1 aliphatic heterocycles. The third-order valence-corrected chi connectivity index (χ3v) is 8.66. The van der Waals surface area contributed by atoms with Crippen LogP contribution in [0.15, 0.2) is 24.5 Å². The molecular formula is C26H33N5. The summed E-state index contributed by atoms with van der Waals surface area (Å²) in [4.78, 5) is 11.5. The van der Waals surface area contributed by atoms with Crippen molar-refractivity contribution in [3.63, 3.8) is 0 Å². The molecular weight excluding hydrogens is 382 g/mol. The van der Waals surface area contributed by atoms with Crippen molar-refractivity contribution in [1.29, 1.82) is 0 Å². The van der Waals surface area contributed by atoms with E-state index in [1.54, 1.807) is 0 Å². The lowest BCUT2D eigenvalue weighted by Gasteiger charge is -2.52. The number of aromatic nitrogens is 4. The van der Waals surface area contributed by atoms with Crippen LogP contribution in [-0.2, 0) is 19.5 Å². The van der Waals surface area contributed by atoms with Gasteiger partial charge in [-0.25, -0.2) is 0 Å². The van der Waals surface area contributed by atoms with Gasteiger partial charge >= 0.3 is 0 Å². The first kappa shape index (κ1) is 19.3. The minimum Gasteiger partial charge on any atom is -0.366 e. The Bertz CT molecular complexity index is 1140. The third-order valence-electron chi connectivity index (χ3n) is 8.66. The van der Waals surface area contributed by atoms with Gasteiger partial charge in [-0.05, 0) is 75.3 Å². The summed E-state index contributed by atoms with van der Waals surface area (Å²) in [5.41, 5.74) is 8.57. The van der Waals surface area contributed by atoms with Gasteiger partial charge in [-0.15, -0.1) is 0 Å². The molecule has 0 unspecified atom stereocenters. The summed E-state index contributed by atoms with van der Waals surface area (Å²) in [6.07, 6.45) is 13.2. The van der Waals surface area contributed by atoms with Crippen molar-refractivity contribution in [2.45, 2.75) is 78.8 Å². The van der Waals surface area contributed by atoms with E-state index in [2.05, 4.69) is 52.5 Å². The predicted octanol–water partition coefficient (Wildman–Crippen LogP) is 5.37. The number of nitrogens with zero attached hydrogens (tertiary/aromatic N) is 5. The lowest BCUT2D eigenvalue weighted by Crippen LogP contribution is -2.43. The summed E-state index contributed by atoms with van der Waals surface area (Å²) in [7, 11) is 0. The number of hydrogen-bond donors (Lipinski definition) is 0. The SMILES string of the molecule is Cc1cc(N2CCc3c(c(C)nn3CC34CCC(C)(CC3)CC4)C2)c2ccncc2n1. The highest BCUT2D eigenvalue weighted by Crippen LogP contribution is 2.57. The Balaban J connectivity index is 1.30. The summed E-state index contributed by atoms with van der Waals surface area (Å²) in [6, 6.07) is 4.33. The minimum atomic E-state index is 0.493. The molecule has 162 valence electrons. The van der Waals surface area contributed by atoms with E-state index in [0.29, 0.717) is 10.8 Å². The Morgan fingerprint density at radius 2 is 1.84 bits per heavy atom. The maximum absolute atomic E-state index is 5.09. The molecule has 0 radical (unpaired) electrons. The van der Waals surface area contributed by atoms with Gasteiger partial charge in [-0.1, -0.05) is 6.92 Å². The van der Waals surface area contributed by atoms with E-state index < -0.39 is 0 Å². The van der Waals surface area contributed by atoms with E-state index in [4.69, 9.17) is 5.10 Å². The standard InChI is InChI=1S/C26H33N5/c1-18-14-24(20-4-12-27-15-22(20)28-18)30-13-5-23-21(16-30)19(2)29-31(23)17-26-9-6-25(3,7-10-26)8-11-26/h4,12,14-15H,5-11,13,16-17H2,1-3H3. The molecule has 0 atom stereocenters. The predicted molar refractivity (Wildman–Crippen MR) is 124 cm³/mol. The average Bonchev–Trinajstić information content (AvgIpc) is 3.08. The molecule has 7 rings (SSSR count). The average molecular weight is 416 g/mol. The van der Waals surface area contributed by atoms with E-state index in [-0.39, 0.29) is 0 Å². The molecule has 0 aromatic carbocycles. The zero-order valence-corrected chi connectivity index (χ0v) is 19.1. The van der Waals surface area contributed by atoms with Crippen LogP contribution >= 0.6 is 0 Å². The second kappa shape index (κ2) is 6.78. The molecule has 0 amide bonds. The van der Waals surface area contributed by atoms with Crippen LogP contribution in [0.4, 0.5) is 5.69 Å². The van der Waals surface area contributed by atoms with E-state index in [1.807, 2.05) is 12.4 Å². The van der Waals surface area contributed by atoms with Gasteiger partial charge in [0.25, 0.3) is 0 Å².